The maximum atomic E-state index is 12.0. The van der Waals surface area contributed by atoms with Crippen LogP contribution in [-0.2, 0) is 11.2 Å². The van der Waals surface area contributed by atoms with Gasteiger partial charge in [-0.3, -0.25) is 14.9 Å². The topological polar surface area (TPSA) is 102 Å². The first-order valence-corrected chi connectivity index (χ1v) is 7.32. The van der Waals surface area contributed by atoms with E-state index in [0.29, 0.717) is 16.9 Å². The standard InChI is InChI=1S/C17H18N2O5/c1-24-14-7-4-6-13(9-14)16(20)11-18-17(21)10-12-5-2-3-8-15(12)19(22)23/h2-9,16,20H,10-11H2,1H3,(H,18,21). The van der Waals surface area contributed by atoms with E-state index in [0.717, 1.165) is 0 Å². The summed E-state index contributed by atoms with van der Waals surface area (Å²) in [7, 11) is 1.53. The minimum absolute atomic E-state index is 0.00658. The van der Waals surface area contributed by atoms with Crippen LogP contribution in [0.4, 0.5) is 5.69 Å². The van der Waals surface area contributed by atoms with Crippen LogP contribution < -0.4 is 10.1 Å². The lowest BCUT2D eigenvalue weighted by Crippen LogP contribution is -2.29. The molecule has 0 radical (unpaired) electrons. The zero-order valence-electron chi connectivity index (χ0n) is 13.1. The predicted molar refractivity (Wildman–Crippen MR) is 87.8 cm³/mol. The predicted octanol–water partition coefficient (Wildman–Crippen LogP) is 2.00. The lowest BCUT2D eigenvalue weighted by molar-refractivity contribution is -0.385. The molecule has 2 aromatic rings. The van der Waals surface area contributed by atoms with E-state index in [1.807, 2.05) is 0 Å². The van der Waals surface area contributed by atoms with Gasteiger partial charge in [0.2, 0.25) is 5.91 Å². The minimum atomic E-state index is -0.894. The molecule has 0 heterocycles. The lowest BCUT2D eigenvalue weighted by Gasteiger charge is -2.13. The highest BCUT2D eigenvalue weighted by Crippen LogP contribution is 2.19. The summed E-state index contributed by atoms with van der Waals surface area (Å²) in [5.41, 5.74) is 0.845. The highest BCUT2D eigenvalue weighted by Gasteiger charge is 2.16. The number of carbonyl (C=O) groups is 1. The molecule has 1 atom stereocenters. The van der Waals surface area contributed by atoms with Crippen molar-refractivity contribution in [2.45, 2.75) is 12.5 Å². The second-order valence-electron chi connectivity index (χ2n) is 5.16. The molecule has 7 heteroatoms. The SMILES string of the molecule is COc1cccc(C(O)CNC(=O)Cc2ccccc2[N+](=O)[O-])c1. The third kappa shape index (κ3) is 4.53. The number of nitro benzene ring substituents is 1. The molecule has 7 nitrogen and oxygen atoms in total. The summed E-state index contributed by atoms with van der Waals surface area (Å²) in [6, 6.07) is 13.0. The fourth-order valence-corrected chi connectivity index (χ4v) is 2.25. The van der Waals surface area contributed by atoms with Gasteiger partial charge >= 0.3 is 0 Å². The lowest BCUT2D eigenvalue weighted by atomic mass is 10.1. The smallest absolute Gasteiger partial charge is 0.273 e. The molecule has 1 amide bonds. The third-order valence-corrected chi connectivity index (χ3v) is 3.51. The molecule has 0 aliphatic heterocycles. The van der Waals surface area contributed by atoms with Crippen LogP contribution in [0.15, 0.2) is 48.5 Å². The Morgan fingerprint density at radius 3 is 2.75 bits per heavy atom. The number of carbonyl (C=O) groups excluding carboxylic acids is 1. The van der Waals surface area contributed by atoms with Gasteiger partial charge in [-0.25, -0.2) is 0 Å². The van der Waals surface area contributed by atoms with E-state index in [4.69, 9.17) is 4.74 Å². The van der Waals surface area contributed by atoms with Gasteiger partial charge in [0.05, 0.1) is 24.6 Å². The van der Waals surface area contributed by atoms with Crippen LogP contribution in [-0.4, -0.2) is 29.6 Å². The van der Waals surface area contributed by atoms with Gasteiger partial charge in [-0.1, -0.05) is 30.3 Å². The summed E-state index contributed by atoms with van der Waals surface area (Å²) in [6.07, 6.45) is -1.02. The summed E-state index contributed by atoms with van der Waals surface area (Å²) < 4.78 is 5.08. The van der Waals surface area contributed by atoms with Crippen molar-refractivity contribution in [2.24, 2.45) is 0 Å². The Kier molecular flexibility index (Phi) is 5.86. The first-order valence-electron chi connectivity index (χ1n) is 7.32. The Bertz CT molecular complexity index is 732. The molecule has 2 rings (SSSR count). The average Bonchev–Trinajstić information content (AvgIpc) is 2.60. The quantitative estimate of drug-likeness (QED) is 0.597. The molecule has 126 valence electrons. The number of rotatable bonds is 7. The summed E-state index contributed by atoms with van der Waals surface area (Å²) >= 11 is 0. The highest BCUT2D eigenvalue weighted by atomic mass is 16.6. The molecule has 0 aliphatic carbocycles. The zero-order chi connectivity index (χ0) is 17.5. The molecule has 0 spiro atoms. The second-order valence-corrected chi connectivity index (χ2v) is 5.16. The van der Waals surface area contributed by atoms with Gasteiger partial charge in [-0.2, -0.15) is 0 Å². The number of nitrogens with one attached hydrogen (secondary N) is 1. The Morgan fingerprint density at radius 2 is 2.04 bits per heavy atom. The van der Waals surface area contributed by atoms with E-state index in [-0.39, 0.29) is 18.7 Å². The molecule has 0 aliphatic rings. The van der Waals surface area contributed by atoms with Crippen molar-refractivity contribution in [3.8, 4) is 5.75 Å². The van der Waals surface area contributed by atoms with Gasteiger partial charge in [0.25, 0.3) is 5.69 Å². The van der Waals surface area contributed by atoms with E-state index < -0.39 is 16.9 Å². The molecule has 0 aromatic heterocycles. The van der Waals surface area contributed by atoms with Gasteiger partial charge in [-0.05, 0) is 17.7 Å². The summed E-state index contributed by atoms with van der Waals surface area (Å²) in [5, 5.41) is 23.6. The molecule has 2 aromatic carbocycles. The van der Waals surface area contributed by atoms with Crippen LogP contribution in [0.5, 0.6) is 5.75 Å². The summed E-state index contributed by atoms with van der Waals surface area (Å²) in [6.45, 7) is 0.00658. The number of benzene rings is 2. The Morgan fingerprint density at radius 1 is 1.29 bits per heavy atom. The van der Waals surface area contributed by atoms with Gasteiger partial charge in [0.1, 0.15) is 5.75 Å². The number of hydrogen-bond acceptors (Lipinski definition) is 5. The number of nitrogens with zero attached hydrogens (tertiary/aromatic N) is 1. The van der Waals surface area contributed by atoms with Crippen LogP contribution in [0.1, 0.15) is 17.2 Å². The molecule has 2 N–H and O–H groups in total. The van der Waals surface area contributed by atoms with E-state index in [1.54, 1.807) is 36.4 Å². The van der Waals surface area contributed by atoms with Crippen molar-refractivity contribution in [1.29, 1.82) is 0 Å². The summed E-state index contributed by atoms with van der Waals surface area (Å²) in [5.74, 6) is 0.212. The molecular formula is C17H18N2O5. The number of aliphatic hydroxyl groups excluding tert-OH is 1. The number of ether oxygens (including phenoxy) is 1. The molecule has 0 fully saturated rings. The number of nitro groups is 1. The monoisotopic (exact) mass is 330 g/mol. The highest BCUT2D eigenvalue weighted by molar-refractivity contribution is 5.79. The largest absolute Gasteiger partial charge is 0.497 e. The van der Waals surface area contributed by atoms with Crippen LogP contribution in [0.3, 0.4) is 0 Å². The maximum absolute atomic E-state index is 12.0. The number of aliphatic hydroxyl groups is 1. The van der Waals surface area contributed by atoms with Gasteiger partial charge in [0.15, 0.2) is 0 Å². The van der Waals surface area contributed by atoms with E-state index in [2.05, 4.69) is 5.32 Å². The number of methoxy groups -OCH3 is 1. The second kappa shape index (κ2) is 8.07. The molecule has 1 unspecified atom stereocenters. The molecule has 24 heavy (non-hydrogen) atoms. The molecular weight excluding hydrogens is 312 g/mol. The number of hydrogen-bond donors (Lipinski definition) is 2. The van der Waals surface area contributed by atoms with Gasteiger partial charge in [0, 0.05) is 18.2 Å². The van der Waals surface area contributed by atoms with E-state index in [9.17, 15) is 20.0 Å². The van der Waals surface area contributed by atoms with Gasteiger partial charge < -0.3 is 15.2 Å². The molecule has 0 saturated heterocycles. The first-order chi connectivity index (χ1) is 11.5. The maximum Gasteiger partial charge on any atom is 0.273 e. The number of amides is 1. The van der Waals surface area contributed by atoms with E-state index >= 15 is 0 Å². The van der Waals surface area contributed by atoms with Crippen molar-refractivity contribution in [3.05, 3.63) is 69.8 Å². The minimum Gasteiger partial charge on any atom is -0.497 e. The van der Waals surface area contributed by atoms with E-state index in [1.165, 1.54) is 19.2 Å². The normalized spacial score (nSPS) is 11.6. The summed E-state index contributed by atoms with van der Waals surface area (Å²) in [4.78, 5) is 22.4. The van der Waals surface area contributed by atoms with Crippen molar-refractivity contribution >= 4 is 11.6 Å². The van der Waals surface area contributed by atoms with Crippen LogP contribution >= 0.6 is 0 Å². The Labute approximate surface area is 139 Å². The van der Waals surface area contributed by atoms with Crippen LogP contribution in [0.2, 0.25) is 0 Å². The van der Waals surface area contributed by atoms with Crippen molar-refractivity contribution in [2.75, 3.05) is 13.7 Å². The van der Waals surface area contributed by atoms with Crippen LogP contribution in [0, 0.1) is 10.1 Å². The molecule has 0 saturated carbocycles. The molecule has 0 bridgehead atoms. The Hall–Kier alpha value is -2.93. The zero-order valence-corrected chi connectivity index (χ0v) is 13.1. The van der Waals surface area contributed by atoms with Crippen molar-refractivity contribution < 1.29 is 19.6 Å². The fraction of sp³-hybridized carbons (Fsp3) is 0.235. The fourth-order valence-electron chi connectivity index (χ4n) is 2.25. The Balaban J connectivity index is 1.94. The number of para-hydroxylation sites is 1. The third-order valence-electron chi connectivity index (χ3n) is 3.51. The van der Waals surface area contributed by atoms with Crippen molar-refractivity contribution in [3.63, 3.8) is 0 Å². The van der Waals surface area contributed by atoms with Gasteiger partial charge in [-0.15, -0.1) is 0 Å². The van der Waals surface area contributed by atoms with Crippen molar-refractivity contribution in [1.82, 2.24) is 5.32 Å². The van der Waals surface area contributed by atoms with Crippen LogP contribution in [0.25, 0.3) is 0 Å². The first kappa shape index (κ1) is 17.4. The average molecular weight is 330 g/mol.